The molecule has 0 aliphatic carbocycles. The molecule has 1 saturated heterocycles. The van der Waals surface area contributed by atoms with Gasteiger partial charge in [-0.1, -0.05) is 56.5 Å². The lowest BCUT2D eigenvalue weighted by Crippen LogP contribution is -2.38. The van der Waals surface area contributed by atoms with E-state index >= 15 is 0 Å². The fourth-order valence-corrected chi connectivity index (χ4v) is 3.98. The molecular weight excluding hydrogens is 517 g/mol. The molecule has 10 heteroatoms. The number of hydrogen-bond donors (Lipinski definition) is 2. The molecule has 1 aliphatic heterocycles. The van der Waals surface area contributed by atoms with Gasteiger partial charge in [-0.25, -0.2) is 5.01 Å². The van der Waals surface area contributed by atoms with Gasteiger partial charge in [-0.05, 0) is 49.6 Å². The van der Waals surface area contributed by atoms with Crippen molar-refractivity contribution in [1.82, 2.24) is 15.6 Å². The second kappa shape index (κ2) is 15.7. The highest BCUT2D eigenvalue weighted by Crippen LogP contribution is 2.35. The molecular formula is C28H34ClF3N4O2. The molecule has 2 unspecified atom stereocenters. The summed E-state index contributed by atoms with van der Waals surface area (Å²) < 4.78 is 41.6. The summed E-state index contributed by atoms with van der Waals surface area (Å²) in [6, 6.07) is 5.59. The zero-order valence-electron chi connectivity index (χ0n) is 22.0. The van der Waals surface area contributed by atoms with Gasteiger partial charge in [0.2, 0.25) is 0 Å². The van der Waals surface area contributed by atoms with Gasteiger partial charge in [0, 0.05) is 12.3 Å². The Bertz CT molecular complexity index is 1120. The monoisotopic (exact) mass is 550 g/mol. The lowest BCUT2D eigenvalue weighted by atomic mass is 9.93. The number of hydrogen-bond acceptors (Lipinski definition) is 5. The van der Waals surface area contributed by atoms with Crippen molar-refractivity contribution in [2.45, 2.75) is 52.8 Å². The van der Waals surface area contributed by atoms with Crippen LogP contribution in [0.15, 0.2) is 64.6 Å². The number of benzene rings is 1. The van der Waals surface area contributed by atoms with Gasteiger partial charge in [-0.3, -0.25) is 9.59 Å². The normalized spacial score (nSPS) is 19.3. The number of alkyl halides is 3. The number of carbonyl (C=O) groups excluding carboxylic acids is 2. The van der Waals surface area contributed by atoms with Gasteiger partial charge in [0.05, 0.1) is 35.6 Å². The van der Waals surface area contributed by atoms with Gasteiger partial charge in [0.1, 0.15) is 5.82 Å². The summed E-state index contributed by atoms with van der Waals surface area (Å²) in [4.78, 5) is 25.4. The predicted molar refractivity (Wildman–Crippen MR) is 147 cm³/mol. The molecule has 1 heterocycles. The van der Waals surface area contributed by atoms with Crippen molar-refractivity contribution in [3.05, 3.63) is 70.0 Å². The van der Waals surface area contributed by atoms with Crippen molar-refractivity contribution in [2.75, 3.05) is 13.1 Å². The van der Waals surface area contributed by atoms with Crippen LogP contribution in [0, 0.1) is 18.3 Å². The number of Topliss-reactive ketones (excluding diaryl/α,β-unsaturated/α-hetero) is 1. The molecule has 38 heavy (non-hydrogen) atoms. The number of rotatable bonds is 8. The molecule has 0 spiro atoms. The predicted octanol–water partition coefficient (Wildman–Crippen LogP) is 5.88. The lowest BCUT2D eigenvalue weighted by molar-refractivity contribution is -0.178. The van der Waals surface area contributed by atoms with E-state index in [1.807, 2.05) is 20.8 Å². The molecule has 2 N–H and O–H groups in total. The van der Waals surface area contributed by atoms with Crippen LogP contribution in [0.5, 0.6) is 0 Å². The lowest BCUT2D eigenvalue weighted by Gasteiger charge is -2.25. The fourth-order valence-electron chi connectivity index (χ4n) is 3.73. The van der Waals surface area contributed by atoms with Crippen molar-refractivity contribution in [3.8, 4) is 12.3 Å². The van der Waals surface area contributed by atoms with Gasteiger partial charge < -0.3 is 10.6 Å². The standard InChI is InChI=1S/C26H28ClF3N4O2.C2H6/c1-5-7-11-18(10-6-2)22-14-19(26(28,29)30)16-34(31-4)24(33-22)17(3)25(36)32-15-23(35)20-12-8-9-13-21(20)27;1-2/h1,7-13,19,22,33H,4,6,14-16H2,2-3H3,(H,32,36);1-2H3/b11-7-,18-10+,24-17+;. The van der Waals surface area contributed by atoms with Crippen LogP contribution in [0.25, 0.3) is 0 Å². The molecule has 6 nitrogen and oxygen atoms in total. The Morgan fingerprint density at radius 1 is 1.34 bits per heavy atom. The molecule has 1 fully saturated rings. The van der Waals surface area contributed by atoms with Crippen LogP contribution in [-0.2, 0) is 4.79 Å². The number of hydrazone groups is 1. The second-order valence-electron chi connectivity index (χ2n) is 8.07. The van der Waals surface area contributed by atoms with E-state index in [9.17, 15) is 22.8 Å². The second-order valence-corrected chi connectivity index (χ2v) is 8.47. The summed E-state index contributed by atoms with van der Waals surface area (Å²) in [7, 11) is 0. The van der Waals surface area contributed by atoms with Crippen LogP contribution >= 0.6 is 11.6 Å². The van der Waals surface area contributed by atoms with Crippen LogP contribution in [0.1, 0.15) is 50.9 Å². The Labute approximate surface area is 227 Å². The molecule has 1 amide bonds. The highest BCUT2D eigenvalue weighted by atomic mass is 35.5. The van der Waals surface area contributed by atoms with E-state index in [2.05, 4.69) is 28.4 Å². The summed E-state index contributed by atoms with van der Waals surface area (Å²) in [6.45, 7) is 9.79. The van der Waals surface area contributed by atoms with Crippen molar-refractivity contribution in [3.63, 3.8) is 0 Å². The van der Waals surface area contributed by atoms with Gasteiger partial charge in [-0.15, -0.1) is 6.42 Å². The summed E-state index contributed by atoms with van der Waals surface area (Å²) >= 11 is 6.04. The van der Waals surface area contributed by atoms with Crippen molar-refractivity contribution in [2.24, 2.45) is 11.0 Å². The number of carbonyl (C=O) groups is 2. The summed E-state index contributed by atoms with van der Waals surface area (Å²) in [5.74, 6) is -0.428. The molecule has 206 valence electrons. The molecule has 0 aromatic heterocycles. The maximum absolute atomic E-state index is 13.9. The highest BCUT2D eigenvalue weighted by molar-refractivity contribution is 6.34. The molecule has 1 aliphatic rings. The van der Waals surface area contributed by atoms with E-state index in [0.29, 0.717) is 12.0 Å². The van der Waals surface area contributed by atoms with Crippen LogP contribution in [-0.4, -0.2) is 48.7 Å². The minimum Gasteiger partial charge on any atom is -0.363 e. The molecule has 0 bridgehead atoms. The summed E-state index contributed by atoms with van der Waals surface area (Å²) in [5.41, 5.74) is 0.837. The topological polar surface area (TPSA) is 73.8 Å². The number of nitrogens with one attached hydrogen (secondary N) is 2. The van der Waals surface area contributed by atoms with Gasteiger partial charge in [0.25, 0.3) is 5.91 Å². The number of allylic oxidation sites excluding steroid dienone is 2. The van der Waals surface area contributed by atoms with Crippen LogP contribution in [0.4, 0.5) is 13.2 Å². The highest BCUT2D eigenvalue weighted by Gasteiger charge is 2.44. The van der Waals surface area contributed by atoms with Crippen molar-refractivity contribution >= 4 is 30.0 Å². The van der Waals surface area contributed by atoms with Gasteiger partial charge in [0.15, 0.2) is 5.78 Å². The van der Waals surface area contributed by atoms with E-state index in [1.54, 1.807) is 30.4 Å². The minimum atomic E-state index is -4.51. The quantitative estimate of drug-likeness (QED) is 0.139. The molecule has 0 saturated carbocycles. The Morgan fingerprint density at radius 2 is 2.00 bits per heavy atom. The smallest absolute Gasteiger partial charge is 0.363 e. The van der Waals surface area contributed by atoms with Crippen molar-refractivity contribution < 1.29 is 22.8 Å². The van der Waals surface area contributed by atoms with E-state index in [1.165, 1.54) is 19.1 Å². The Balaban J connectivity index is 0.00000352. The van der Waals surface area contributed by atoms with Crippen LogP contribution < -0.4 is 10.6 Å². The van der Waals surface area contributed by atoms with E-state index < -0.39 is 36.4 Å². The average Bonchev–Trinajstić information content (AvgIpc) is 3.10. The largest absolute Gasteiger partial charge is 0.393 e. The Hall–Kier alpha value is -3.51. The molecule has 2 atom stereocenters. The number of amides is 1. The van der Waals surface area contributed by atoms with Crippen LogP contribution in [0.2, 0.25) is 5.02 Å². The van der Waals surface area contributed by atoms with Crippen molar-refractivity contribution in [1.29, 1.82) is 0 Å². The molecule has 0 radical (unpaired) electrons. The number of halogens is 4. The third-order valence-electron chi connectivity index (χ3n) is 5.61. The maximum atomic E-state index is 13.9. The zero-order valence-corrected chi connectivity index (χ0v) is 22.8. The summed E-state index contributed by atoms with van der Waals surface area (Å²) in [6.07, 6.45) is 5.79. The first-order valence-corrected chi connectivity index (χ1v) is 12.6. The zero-order chi connectivity index (χ0) is 28.9. The number of terminal acetylenes is 1. The first-order chi connectivity index (χ1) is 18.0. The van der Waals surface area contributed by atoms with E-state index in [0.717, 1.165) is 5.01 Å². The number of nitrogens with zero attached hydrogens (tertiary/aromatic N) is 2. The third kappa shape index (κ3) is 9.10. The first kappa shape index (κ1) is 32.5. The van der Waals surface area contributed by atoms with E-state index in [-0.39, 0.29) is 34.9 Å². The maximum Gasteiger partial charge on any atom is 0.393 e. The Morgan fingerprint density at radius 3 is 2.55 bits per heavy atom. The van der Waals surface area contributed by atoms with E-state index in [4.69, 9.17) is 18.0 Å². The molecule has 2 rings (SSSR count). The molecule has 1 aromatic carbocycles. The van der Waals surface area contributed by atoms with Crippen LogP contribution in [0.3, 0.4) is 0 Å². The number of ketones is 1. The fraction of sp³-hybridized carbons (Fsp3) is 0.393. The Kier molecular flexibility index (Phi) is 13.4. The first-order valence-electron chi connectivity index (χ1n) is 12.2. The molecule has 1 aromatic rings. The van der Waals surface area contributed by atoms with Gasteiger partial charge in [-0.2, -0.15) is 18.3 Å². The minimum absolute atomic E-state index is 0.0407. The third-order valence-corrected chi connectivity index (χ3v) is 5.94. The summed E-state index contributed by atoms with van der Waals surface area (Å²) in [5, 5.41) is 10.6. The average molecular weight is 551 g/mol. The SMILES string of the molecule is C#C/C=C\C(=C/CC)C1CC(C(F)(F)F)CN(N=C)/C(=C(\C)C(=O)NCC(=O)c2ccccc2Cl)N1.CC. The van der Waals surface area contributed by atoms with Gasteiger partial charge >= 0.3 is 6.18 Å².